The van der Waals surface area contributed by atoms with E-state index in [-0.39, 0.29) is 0 Å². The molecule has 4 heteroatoms. The van der Waals surface area contributed by atoms with Crippen LogP contribution in [0.5, 0.6) is 0 Å². The lowest BCUT2D eigenvalue weighted by molar-refractivity contribution is 0.226. The van der Waals surface area contributed by atoms with Crippen LogP contribution in [0.15, 0.2) is 12.4 Å². The maximum absolute atomic E-state index is 4.70. The highest BCUT2D eigenvalue weighted by atomic mass is 15.2. The summed E-state index contributed by atoms with van der Waals surface area (Å²) in [6.45, 7) is 3.09. The van der Waals surface area contributed by atoms with Crippen LogP contribution >= 0.6 is 0 Å². The molecular weight excluding hydrogens is 236 g/mol. The van der Waals surface area contributed by atoms with Crippen molar-refractivity contribution in [2.24, 2.45) is 5.41 Å². The van der Waals surface area contributed by atoms with Gasteiger partial charge in [-0.2, -0.15) is 0 Å². The Balaban J connectivity index is 1.66. The minimum atomic E-state index is 0.673. The number of piperidine rings is 1. The van der Waals surface area contributed by atoms with Crippen molar-refractivity contribution >= 4 is 5.82 Å². The first kappa shape index (κ1) is 12.9. The van der Waals surface area contributed by atoms with Gasteiger partial charge in [0, 0.05) is 25.8 Å². The first-order valence-corrected chi connectivity index (χ1v) is 7.52. The largest absolute Gasteiger partial charge is 0.355 e. The van der Waals surface area contributed by atoms with Crippen molar-refractivity contribution in [1.29, 1.82) is 0 Å². The first-order valence-electron chi connectivity index (χ1n) is 7.52. The summed E-state index contributed by atoms with van der Waals surface area (Å²) in [5.74, 6) is 1.06. The predicted molar refractivity (Wildman–Crippen MR) is 77.1 cm³/mol. The molecule has 0 radical (unpaired) electrons. The van der Waals surface area contributed by atoms with Crippen molar-refractivity contribution in [3.8, 4) is 0 Å². The van der Waals surface area contributed by atoms with Gasteiger partial charge in [-0.15, -0.1) is 0 Å². The Labute approximate surface area is 115 Å². The number of aromatic nitrogens is 2. The maximum atomic E-state index is 4.70. The maximum Gasteiger partial charge on any atom is 0.147 e. The molecule has 0 aromatic carbocycles. The van der Waals surface area contributed by atoms with Gasteiger partial charge < -0.3 is 10.2 Å². The standard InChI is InChI=1S/C15H24N4/c1-16-10-13-11-17-12-14(18-13)19-8-6-15(7-9-19)4-2-3-5-15/h11-12,16H,2-10H2,1H3. The molecule has 1 saturated heterocycles. The lowest BCUT2D eigenvalue weighted by atomic mass is 9.77. The minimum Gasteiger partial charge on any atom is -0.355 e. The summed E-state index contributed by atoms with van der Waals surface area (Å²) in [4.78, 5) is 11.4. The molecular formula is C15H24N4. The van der Waals surface area contributed by atoms with Crippen molar-refractivity contribution < 1.29 is 0 Å². The zero-order valence-corrected chi connectivity index (χ0v) is 11.9. The third-order valence-corrected chi connectivity index (χ3v) is 4.84. The summed E-state index contributed by atoms with van der Waals surface area (Å²) in [6.07, 6.45) is 12.2. The normalized spacial score (nSPS) is 22.1. The minimum absolute atomic E-state index is 0.673. The highest BCUT2D eigenvalue weighted by molar-refractivity contribution is 5.37. The van der Waals surface area contributed by atoms with Crippen molar-refractivity contribution in [3.05, 3.63) is 18.1 Å². The van der Waals surface area contributed by atoms with Gasteiger partial charge in [-0.3, -0.25) is 4.98 Å². The van der Waals surface area contributed by atoms with E-state index in [9.17, 15) is 0 Å². The van der Waals surface area contributed by atoms with Crippen LogP contribution in [0.25, 0.3) is 0 Å². The molecule has 0 atom stereocenters. The number of anilines is 1. The van der Waals surface area contributed by atoms with E-state index in [4.69, 9.17) is 4.98 Å². The Morgan fingerprint density at radius 1 is 1.16 bits per heavy atom. The van der Waals surface area contributed by atoms with Crippen LogP contribution in [-0.4, -0.2) is 30.1 Å². The van der Waals surface area contributed by atoms with Gasteiger partial charge in [-0.1, -0.05) is 12.8 Å². The monoisotopic (exact) mass is 260 g/mol. The molecule has 0 amide bonds. The van der Waals surface area contributed by atoms with E-state index >= 15 is 0 Å². The highest BCUT2D eigenvalue weighted by Gasteiger charge is 2.37. The van der Waals surface area contributed by atoms with Crippen LogP contribution in [-0.2, 0) is 6.54 Å². The molecule has 1 spiro atoms. The zero-order chi connectivity index (χ0) is 13.1. The molecule has 1 saturated carbocycles. The van der Waals surface area contributed by atoms with Crippen LogP contribution in [0.3, 0.4) is 0 Å². The fraction of sp³-hybridized carbons (Fsp3) is 0.733. The average Bonchev–Trinajstić information content (AvgIpc) is 2.89. The van der Waals surface area contributed by atoms with Crippen molar-refractivity contribution in [2.45, 2.75) is 45.1 Å². The second kappa shape index (κ2) is 5.45. The van der Waals surface area contributed by atoms with E-state index in [1.807, 2.05) is 19.4 Å². The molecule has 0 unspecified atom stereocenters. The highest BCUT2D eigenvalue weighted by Crippen LogP contribution is 2.46. The van der Waals surface area contributed by atoms with E-state index in [2.05, 4.69) is 15.2 Å². The van der Waals surface area contributed by atoms with E-state index in [0.29, 0.717) is 5.41 Å². The molecule has 1 aliphatic carbocycles. The smallest absolute Gasteiger partial charge is 0.147 e. The summed E-state index contributed by atoms with van der Waals surface area (Å²) in [5.41, 5.74) is 1.70. The van der Waals surface area contributed by atoms with Gasteiger partial charge in [0.2, 0.25) is 0 Å². The molecule has 104 valence electrons. The Morgan fingerprint density at radius 3 is 2.58 bits per heavy atom. The SMILES string of the molecule is CNCc1cncc(N2CCC3(CCCC3)CC2)n1. The lowest BCUT2D eigenvalue weighted by Crippen LogP contribution is -2.39. The summed E-state index contributed by atoms with van der Waals surface area (Å²) < 4.78 is 0. The van der Waals surface area contributed by atoms with Crippen molar-refractivity contribution in [3.63, 3.8) is 0 Å². The van der Waals surface area contributed by atoms with Gasteiger partial charge in [0.15, 0.2) is 0 Å². The Morgan fingerprint density at radius 2 is 1.89 bits per heavy atom. The van der Waals surface area contributed by atoms with Crippen LogP contribution in [0.4, 0.5) is 5.82 Å². The van der Waals surface area contributed by atoms with E-state index in [1.165, 1.54) is 38.5 Å². The van der Waals surface area contributed by atoms with Gasteiger partial charge in [0.05, 0.1) is 11.9 Å². The molecule has 2 heterocycles. The van der Waals surface area contributed by atoms with E-state index in [0.717, 1.165) is 31.1 Å². The van der Waals surface area contributed by atoms with Gasteiger partial charge in [0.25, 0.3) is 0 Å². The predicted octanol–water partition coefficient (Wildman–Crippen LogP) is 2.36. The van der Waals surface area contributed by atoms with Crippen LogP contribution < -0.4 is 10.2 Å². The van der Waals surface area contributed by atoms with E-state index in [1.54, 1.807) is 0 Å². The van der Waals surface area contributed by atoms with Crippen molar-refractivity contribution in [2.75, 3.05) is 25.0 Å². The number of nitrogens with one attached hydrogen (secondary N) is 1. The topological polar surface area (TPSA) is 41.1 Å². The molecule has 1 aromatic rings. The van der Waals surface area contributed by atoms with Crippen LogP contribution in [0.1, 0.15) is 44.2 Å². The van der Waals surface area contributed by atoms with Gasteiger partial charge in [0.1, 0.15) is 5.82 Å². The molecule has 19 heavy (non-hydrogen) atoms. The average molecular weight is 260 g/mol. The summed E-state index contributed by atoms with van der Waals surface area (Å²) in [7, 11) is 1.94. The summed E-state index contributed by atoms with van der Waals surface area (Å²) in [6, 6.07) is 0. The van der Waals surface area contributed by atoms with Crippen molar-refractivity contribution in [1.82, 2.24) is 15.3 Å². The Kier molecular flexibility index (Phi) is 3.69. The number of nitrogens with zero attached hydrogens (tertiary/aromatic N) is 3. The molecule has 2 fully saturated rings. The fourth-order valence-corrected chi connectivity index (χ4v) is 3.65. The number of rotatable bonds is 3. The fourth-order valence-electron chi connectivity index (χ4n) is 3.65. The molecule has 4 nitrogen and oxygen atoms in total. The number of hydrogen-bond donors (Lipinski definition) is 1. The third kappa shape index (κ3) is 2.73. The quantitative estimate of drug-likeness (QED) is 0.906. The van der Waals surface area contributed by atoms with Gasteiger partial charge >= 0.3 is 0 Å². The molecule has 2 aliphatic rings. The molecule has 3 rings (SSSR count). The Bertz CT molecular complexity index is 416. The summed E-state index contributed by atoms with van der Waals surface area (Å²) >= 11 is 0. The first-order chi connectivity index (χ1) is 9.31. The van der Waals surface area contributed by atoms with Gasteiger partial charge in [-0.25, -0.2) is 4.98 Å². The lowest BCUT2D eigenvalue weighted by Gasteiger charge is -2.39. The second-order valence-corrected chi connectivity index (χ2v) is 6.09. The van der Waals surface area contributed by atoms with E-state index < -0.39 is 0 Å². The molecule has 0 bridgehead atoms. The summed E-state index contributed by atoms with van der Waals surface area (Å²) in [5, 5.41) is 3.13. The van der Waals surface area contributed by atoms with Crippen LogP contribution in [0, 0.1) is 5.41 Å². The molecule has 1 N–H and O–H groups in total. The van der Waals surface area contributed by atoms with Gasteiger partial charge in [-0.05, 0) is 38.1 Å². The third-order valence-electron chi connectivity index (χ3n) is 4.84. The molecule has 1 aliphatic heterocycles. The Hall–Kier alpha value is -1.16. The zero-order valence-electron chi connectivity index (χ0n) is 11.9. The number of hydrogen-bond acceptors (Lipinski definition) is 4. The van der Waals surface area contributed by atoms with Crippen LogP contribution in [0.2, 0.25) is 0 Å². The second-order valence-electron chi connectivity index (χ2n) is 6.09. The molecule has 1 aromatic heterocycles.